The molecule has 104 valence electrons. The Morgan fingerprint density at radius 2 is 1.75 bits per heavy atom. The molecule has 1 amide bonds. The monoisotopic (exact) mass is 272 g/mol. The first-order valence-corrected chi connectivity index (χ1v) is 6.41. The van der Waals surface area contributed by atoms with Crippen LogP contribution >= 0.6 is 0 Å². The molecule has 0 saturated carbocycles. The maximum Gasteiger partial charge on any atom is 0.238 e. The highest BCUT2D eigenvalue weighted by Crippen LogP contribution is 2.08. The Morgan fingerprint density at radius 1 is 1.10 bits per heavy atom. The molecule has 0 aromatic heterocycles. The van der Waals surface area contributed by atoms with E-state index < -0.39 is 0 Å². The first kappa shape index (κ1) is 14.2. The van der Waals surface area contributed by atoms with Gasteiger partial charge in [0.1, 0.15) is 5.82 Å². The Bertz CT molecular complexity index is 554. The molecule has 2 aromatic rings. The van der Waals surface area contributed by atoms with Crippen molar-refractivity contribution in [3.63, 3.8) is 0 Å². The molecule has 0 heterocycles. The Kier molecular flexibility index (Phi) is 4.85. The predicted molar refractivity (Wildman–Crippen MR) is 77.8 cm³/mol. The van der Waals surface area contributed by atoms with Crippen LogP contribution < -0.4 is 5.32 Å². The van der Waals surface area contributed by atoms with Gasteiger partial charge in [0.2, 0.25) is 5.91 Å². The van der Waals surface area contributed by atoms with Crippen molar-refractivity contribution in [2.24, 2.45) is 0 Å². The number of carbonyl (C=O) groups is 1. The Balaban J connectivity index is 1.83. The summed E-state index contributed by atoms with van der Waals surface area (Å²) in [6.45, 7) is 0.990. The molecule has 0 aliphatic rings. The average Bonchev–Trinajstić information content (AvgIpc) is 2.42. The van der Waals surface area contributed by atoms with Crippen LogP contribution in [0.2, 0.25) is 0 Å². The highest BCUT2D eigenvalue weighted by atomic mass is 19.1. The molecule has 0 fully saturated rings. The zero-order chi connectivity index (χ0) is 14.4. The zero-order valence-electron chi connectivity index (χ0n) is 11.3. The largest absolute Gasteiger partial charge is 0.325 e. The summed E-state index contributed by atoms with van der Waals surface area (Å²) in [5.74, 6) is -0.431. The minimum Gasteiger partial charge on any atom is -0.325 e. The molecule has 0 aliphatic carbocycles. The number of nitrogens with zero attached hydrogens (tertiary/aromatic N) is 1. The zero-order valence-corrected chi connectivity index (χ0v) is 11.3. The molecule has 2 aromatic carbocycles. The molecule has 0 atom stereocenters. The van der Waals surface area contributed by atoms with E-state index in [0.717, 1.165) is 5.56 Å². The summed E-state index contributed by atoms with van der Waals surface area (Å²) in [6, 6.07) is 15.7. The fraction of sp³-hybridized carbons (Fsp3) is 0.188. The van der Waals surface area contributed by atoms with Crippen LogP contribution in [0.25, 0.3) is 0 Å². The highest BCUT2D eigenvalue weighted by molar-refractivity contribution is 5.92. The number of nitrogens with one attached hydrogen (secondary N) is 1. The predicted octanol–water partition coefficient (Wildman–Crippen LogP) is 2.90. The average molecular weight is 272 g/mol. The van der Waals surface area contributed by atoms with Gasteiger partial charge in [-0.2, -0.15) is 0 Å². The molecule has 0 radical (unpaired) electrons. The van der Waals surface area contributed by atoms with Gasteiger partial charge in [-0.15, -0.1) is 0 Å². The number of halogens is 1. The van der Waals surface area contributed by atoms with Crippen molar-refractivity contribution in [2.75, 3.05) is 18.9 Å². The van der Waals surface area contributed by atoms with Crippen LogP contribution in [0.4, 0.5) is 10.1 Å². The molecule has 20 heavy (non-hydrogen) atoms. The summed E-state index contributed by atoms with van der Waals surface area (Å²) in [5, 5.41) is 2.74. The van der Waals surface area contributed by atoms with E-state index in [1.165, 1.54) is 12.1 Å². The third-order valence-corrected chi connectivity index (χ3v) is 2.84. The van der Waals surface area contributed by atoms with Crippen LogP contribution in [0.1, 0.15) is 5.56 Å². The number of benzene rings is 2. The van der Waals surface area contributed by atoms with E-state index in [1.54, 1.807) is 12.1 Å². The lowest BCUT2D eigenvalue weighted by molar-refractivity contribution is -0.117. The molecule has 4 heteroatoms. The third kappa shape index (κ3) is 4.48. The summed E-state index contributed by atoms with van der Waals surface area (Å²) in [7, 11) is 1.89. The van der Waals surface area contributed by atoms with E-state index in [0.29, 0.717) is 12.2 Å². The van der Waals surface area contributed by atoms with Crippen LogP contribution in [0, 0.1) is 5.82 Å². The summed E-state index contributed by atoms with van der Waals surface area (Å²) >= 11 is 0. The molecule has 0 spiro atoms. The smallest absolute Gasteiger partial charge is 0.238 e. The summed E-state index contributed by atoms with van der Waals surface area (Å²) in [5.41, 5.74) is 1.76. The van der Waals surface area contributed by atoms with Gasteiger partial charge in [-0.25, -0.2) is 4.39 Å². The van der Waals surface area contributed by atoms with Crippen molar-refractivity contribution in [2.45, 2.75) is 6.54 Å². The number of hydrogen-bond donors (Lipinski definition) is 1. The van der Waals surface area contributed by atoms with Crippen molar-refractivity contribution in [3.05, 3.63) is 66.0 Å². The minimum absolute atomic E-state index is 0.116. The van der Waals surface area contributed by atoms with Gasteiger partial charge in [0, 0.05) is 12.2 Å². The van der Waals surface area contributed by atoms with Crippen LogP contribution in [0.5, 0.6) is 0 Å². The Labute approximate surface area is 118 Å². The Morgan fingerprint density at radius 3 is 2.40 bits per heavy atom. The van der Waals surface area contributed by atoms with E-state index in [2.05, 4.69) is 5.32 Å². The summed E-state index contributed by atoms with van der Waals surface area (Å²) < 4.78 is 12.8. The second kappa shape index (κ2) is 6.82. The second-order valence-electron chi connectivity index (χ2n) is 4.71. The van der Waals surface area contributed by atoms with Gasteiger partial charge < -0.3 is 5.32 Å². The molecule has 0 unspecified atom stereocenters. The Hall–Kier alpha value is -2.20. The maximum atomic E-state index is 12.8. The van der Waals surface area contributed by atoms with Gasteiger partial charge in [-0.1, -0.05) is 30.3 Å². The molecular formula is C16H17FN2O. The van der Waals surface area contributed by atoms with Crippen molar-refractivity contribution >= 4 is 11.6 Å². The van der Waals surface area contributed by atoms with Crippen LogP contribution in [0.15, 0.2) is 54.6 Å². The molecule has 3 nitrogen and oxygen atoms in total. The van der Waals surface area contributed by atoms with Gasteiger partial charge in [0.05, 0.1) is 6.54 Å². The van der Waals surface area contributed by atoms with Gasteiger partial charge >= 0.3 is 0 Å². The van der Waals surface area contributed by atoms with Gasteiger partial charge in [0.25, 0.3) is 0 Å². The number of amides is 1. The molecule has 0 aliphatic heterocycles. The topological polar surface area (TPSA) is 32.3 Å². The molecule has 1 N–H and O–H groups in total. The van der Waals surface area contributed by atoms with Crippen molar-refractivity contribution in [1.29, 1.82) is 0 Å². The maximum absolute atomic E-state index is 12.8. The molecule has 2 rings (SSSR count). The number of rotatable bonds is 5. The first-order chi connectivity index (χ1) is 9.63. The van der Waals surface area contributed by atoms with Crippen molar-refractivity contribution in [1.82, 2.24) is 4.90 Å². The number of likely N-dealkylation sites (N-methyl/N-ethyl adjacent to an activating group) is 1. The number of anilines is 1. The minimum atomic E-state index is -0.316. The normalized spacial score (nSPS) is 10.6. The number of hydrogen-bond acceptors (Lipinski definition) is 2. The van der Waals surface area contributed by atoms with E-state index in [1.807, 2.05) is 42.3 Å². The summed E-state index contributed by atoms with van der Waals surface area (Å²) in [4.78, 5) is 13.8. The fourth-order valence-electron chi connectivity index (χ4n) is 1.93. The third-order valence-electron chi connectivity index (χ3n) is 2.84. The van der Waals surface area contributed by atoms with Crippen LogP contribution in [-0.4, -0.2) is 24.4 Å². The van der Waals surface area contributed by atoms with Crippen LogP contribution in [0.3, 0.4) is 0 Å². The second-order valence-corrected chi connectivity index (χ2v) is 4.71. The number of carbonyl (C=O) groups excluding carboxylic acids is 1. The lowest BCUT2D eigenvalue weighted by atomic mass is 10.2. The van der Waals surface area contributed by atoms with E-state index in [9.17, 15) is 9.18 Å². The highest BCUT2D eigenvalue weighted by Gasteiger charge is 2.07. The lowest BCUT2D eigenvalue weighted by Crippen LogP contribution is -2.29. The summed E-state index contributed by atoms with van der Waals surface area (Å²) in [6.07, 6.45) is 0. The van der Waals surface area contributed by atoms with Gasteiger partial charge in [0.15, 0.2) is 0 Å². The van der Waals surface area contributed by atoms with Gasteiger partial charge in [-0.05, 0) is 36.9 Å². The molecular weight excluding hydrogens is 255 g/mol. The quantitative estimate of drug-likeness (QED) is 0.907. The molecule has 0 saturated heterocycles. The fourth-order valence-corrected chi connectivity index (χ4v) is 1.93. The van der Waals surface area contributed by atoms with Crippen LogP contribution in [-0.2, 0) is 11.3 Å². The van der Waals surface area contributed by atoms with E-state index in [-0.39, 0.29) is 18.3 Å². The van der Waals surface area contributed by atoms with Gasteiger partial charge in [-0.3, -0.25) is 9.69 Å². The standard InChI is InChI=1S/C16H17FN2O/c1-19(11-13-5-3-2-4-6-13)12-16(20)18-15-9-7-14(17)8-10-15/h2-10H,11-12H2,1H3,(H,18,20). The first-order valence-electron chi connectivity index (χ1n) is 6.41. The SMILES string of the molecule is CN(CC(=O)Nc1ccc(F)cc1)Cc1ccccc1. The van der Waals surface area contributed by atoms with Crippen molar-refractivity contribution in [3.8, 4) is 0 Å². The van der Waals surface area contributed by atoms with E-state index >= 15 is 0 Å². The lowest BCUT2D eigenvalue weighted by Gasteiger charge is -2.16. The molecule has 0 bridgehead atoms. The van der Waals surface area contributed by atoms with E-state index in [4.69, 9.17) is 0 Å². The van der Waals surface area contributed by atoms with Crippen molar-refractivity contribution < 1.29 is 9.18 Å².